The number of hydrogen-bond donors (Lipinski definition) is 2. The Hall–Kier alpha value is -0.600. The lowest BCUT2D eigenvalue weighted by atomic mass is 10.1. The van der Waals surface area contributed by atoms with Crippen molar-refractivity contribution in [1.82, 2.24) is 0 Å². The third kappa shape index (κ3) is 19.7. The first kappa shape index (κ1) is 16.8. The van der Waals surface area contributed by atoms with E-state index in [-0.39, 0.29) is 6.61 Å². The van der Waals surface area contributed by atoms with E-state index in [4.69, 9.17) is 10.2 Å². The first-order valence-corrected chi connectivity index (χ1v) is 5.59. The monoisotopic (exact) mass is 214 g/mol. The molecule has 0 aromatic carbocycles. The van der Waals surface area contributed by atoms with Crippen LogP contribution < -0.4 is 0 Å². The Morgan fingerprint density at radius 1 is 1.07 bits per heavy atom. The molecule has 0 fully saturated rings. The third-order valence-electron chi connectivity index (χ3n) is 1.75. The Kier molecular flexibility index (Phi) is 15.0. The minimum Gasteiger partial charge on any atom is -0.396 e. The van der Waals surface area contributed by atoms with E-state index < -0.39 is 0 Å². The van der Waals surface area contributed by atoms with Gasteiger partial charge >= 0.3 is 0 Å². The maximum Gasteiger partial charge on any atom is 0.0614 e. The van der Waals surface area contributed by atoms with Crippen molar-refractivity contribution in [3.8, 4) is 0 Å². The molecule has 0 rings (SSSR count). The van der Waals surface area contributed by atoms with E-state index in [1.165, 1.54) is 11.1 Å². The van der Waals surface area contributed by atoms with E-state index >= 15 is 0 Å². The Labute approximate surface area is 94.3 Å². The number of allylic oxidation sites excluding steroid dienone is 3. The number of hydrogen-bond acceptors (Lipinski definition) is 2. The second kappa shape index (κ2) is 13.4. The molecular formula is C13H26O2. The molecule has 2 heteroatoms. The summed E-state index contributed by atoms with van der Waals surface area (Å²) in [6.45, 7) is 8.67. The highest BCUT2D eigenvalue weighted by Crippen LogP contribution is 2.05. The molecule has 0 aliphatic rings. The van der Waals surface area contributed by atoms with Crippen LogP contribution in [0.4, 0.5) is 0 Å². The van der Waals surface area contributed by atoms with Crippen LogP contribution in [0.25, 0.3) is 0 Å². The summed E-state index contributed by atoms with van der Waals surface area (Å²) in [5.74, 6) is 0. The first-order chi connectivity index (χ1) is 7.08. The van der Waals surface area contributed by atoms with Crippen LogP contribution in [0, 0.1) is 0 Å². The van der Waals surface area contributed by atoms with Crippen molar-refractivity contribution in [2.75, 3.05) is 13.2 Å². The van der Waals surface area contributed by atoms with E-state index in [2.05, 4.69) is 26.8 Å². The van der Waals surface area contributed by atoms with Gasteiger partial charge in [-0.1, -0.05) is 30.2 Å². The molecule has 0 aromatic rings. The fourth-order valence-electron chi connectivity index (χ4n) is 0.846. The maximum absolute atomic E-state index is 8.55. The molecule has 0 saturated heterocycles. The summed E-state index contributed by atoms with van der Waals surface area (Å²) in [6, 6.07) is 0. The Bertz CT molecular complexity index is 175. The predicted octanol–water partition coefficient (Wildman–Crippen LogP) is 3.06. The van der Waals surface area contributed by atoms with Gasteiger partial charge in [-0.2, -0.15) is 0 Å². The number of aliphatic hydroxyl groups is 2. The van der Waals surface area contributed by atoms with Gasteiger partial charge in [-0.05, 0) is 40.0 Å². The van der Waals surface area contributed by atoms with Gasteiger partial charge in [0.2, 0.25) is 0 Å². The summed E-state index contributed by atoms with van der Waals surface area (Å²) in [5.41, 5.74) is 2.63. The normalized spacial score (nSPS) is 10.4. The van der Waals surface area contributed by atoms with Gasteiger partial charge in [-0.15, -0.1) is 0 Å². The van der Waals surface area contributed by atoms with Crippen LogP contribution in [0.3, 0.4) is 0 Å². The minimum atomic E-state index is 0.167. The van der Waals surface area contributed by atoms with Gasteiger partial charge in [-0.25, -0.2) is 0 Å². The SMILES string of the molecule is CC(C)=CCC/C(C)=C/CO.CCCO. The molecule has 0 heterocycles. The topological polar surface area (TPSA) is 40.5 Å². The van der Waals surface area contributed by atoms with Crippen LogP contribution >= 0.6 is 0 Å². The minimum absolute atomic E-state index is 0.167. The molecule has 0 atom stereocenters. The second-order valence-electron chi connectivity index (χ2n) is 3.78. The highest BCUT2D eigenvalue weighted by atomic mass is 16.3. The zero-order valence-corrected chi connectivity index (χ0v) is 10.6. The summed E-state index contributed by atoms with van der Waals surface area (Å²) in [5, 5.41) is 16.4. The van der Waals surface area contributed by atoms with Crippen molar-refractivity contribution in [2.45, 2.75) is 47.0 Å². The van der Waals surface area contributed by atoms with Crippen molar-refractivity contribution in [3.63, 3.8) is 0 Å². The summed E-state index contributed by atoms with van der Waals surface area (Å²) in [6.07, 6.45) is 7.10. The first-order valence-electron chi connectivity index (χ1n) is 5.59. The van der Waals surface area contributed by atoms with Gasteiger partial charge in [-0.3, -0.25) is 0 Å². The molecule has 0 saturated carbocycles. The largest absolute Gasteiger partial charge is 0.396 e. The summed E-state index contributed by atoms with van der Waals surface area (Å²) in [4.78, 5) is 0. The van der Waals surface area contributed by atoms with Gasteiger partial charge in [0.25, 0.3) is 0 Å². The number of aliphatic hydroxyl groups excluding tert-OH is 2. The van der Waals surface area contributed by atoms with Crippen molar-refractivity contribution >= 4 is 0 Å². The van der Waals surface area contributed by atoms with Crippen LogP contribution in [0.15, 0.2) is 23.3 Å². The molecular weight excluding hydrogens is 188 g/mol. The average Bonchev–Trinajstić information content (AvgIpc) is 2.18. The van der Waals surface area contributed by atoms with E-state index in [1.807, 2.05) is 13.0 Å². The molecule has 0 spiro atoms. The van der Waals surface area contributed by atoms with E-state index in [9.17, 15) is 0 Å². The molecule has 0 aliphatic carbocycles. The Balaban J connectivity index is 0. The van der Waals surface area contributed by atoms with Crippen molar-refractivity contribution in [3.05, 3.63) is 23.3 Å². The van der Waals surface area contributed by atoms with Gasteiger partial charge in [0, 0.05) is 6.61 Å². The lowest BCUT2D eigenvalue weighted by Crippen LogP contribution is -1.80. The van der Waals surface area contributed by atoms with Crippen LogP contribution in [0.1, 0.15) is 47.0 Å². The second-order valence-corrected chi connectivity index (χ2v) is 3.78. The summed E-state index contributed by atoms with van der Waals surface area (Å²) >= 11 is 0. The van der Waals surface area contributed by atoms with E-state index in [0.29, 0.717) is 6.61 Å². The molecule has 0 aromatic heterocycles. The fraction of sp³-hybridized carbons (Fsp3) is 0.692. The zero-order valence-electron chi connectivity index (χ0n) is 10.6. The highest BCUT2D eigenvalue weighted by molar-refractivity contribution is 5.01. The summed E-state index contributed by atoms with van der Waals surface area (Å²) in [7, 11) is 0. The predicted molar refractivity (Wildman–Crippen MR) is 66.9 cm³/mol. The fourth-order valence-corrected chi connectivity index (χ4v) is 0.846. The van der Waals surface area contributed by atoms with Crippen LogP contribution in [0.5, 0.6) is 0 Å². The van der Waals surface area contributed by atoms with Crippen molar-refractivity contribution in [1.29, 1.82) is 0 Å². The Morgan fingerprint density at radius 3 is 1.93 bits per heavy atom. The van der Waals surface area contributed by atoms with Gasteiger partial charge in [0.1, 0.15) is 0 Å². The quantitative estimate of drug-likeness (QED) is 0.690. The molecule has 2 nitrogen and oxygen atoms in total. The smallest absolute Gasteiger partial charge is 0.0614 e. The van der Waals surface area contributed by atoms with Gasteiger partial charge < -0.3 is 10.2 Å². The van der Waals surface area contributed by atoms with Crippen molar-refractivity contribution in [2.24, 2.45) is 0 Å². The zero-order chi connectivity index (χ0) is 12.1. The maximum atomic E-state index is 8.55. The van der Waals surface area contributed by atoms with Crippen molar-refractivity contribution < 1.29 is 10.2 Å². The molecule has 0 aliphatic heterocycles. The lowest BCUT2D eigenvalue weighted by molar-refractivity contribution is 0.295. The van der Waals surface area contributed by atoms with Gasteiger partial charge in [0.15, 0.2) is 0 Å². The standard InChI is InChI=1S/C10H18O.C3H8O/c1-9(2)5-4-6-10(3)7-8-11;1-2-3-4/h5,7,11H,4,6,8H2,1-3H3;4H,2-3H2,1H3/b10-7+;. The molecule has 0 unspecified atom stereocenters. The van der Waals surface area contributed by atoms with Crippen LogP contribution in [-0.2, 0) is 0 Å². The molecule has 90 valence electrons. The number of rotatable bonds is 5. The molecule has 2 N–H and O–H groups in total. The van der Waals surface area contributed by atoms with Gasteiger partial charge in [0.05, 0.1) is 6.61 Å². The van der Waals surface area contributed by atoms with E-state index in [1.54, 1.807) is 0 Å². The molecule has 0 amide bonds. The lowest BCUT2D eigenvalue weighted by Gasteiger charge is -1.96. The molecule has 15 heavy (non-hydrogen) atoms. The highest BCUT2D eigenvalue weighted by Gasteiger charge is 1.86. The van der Waals surface area contributed by atoms with Crippen LogP contribution in [-0.4, -0.2) is 23.4 Å². The Morgan fingerprint density at radius 2 is 1.60 bits per heavy atom. The average molecular weight is 214 g/mol. The van der Waals surface area contributed by atoms with Crippen LogP contribution in [0.2, 0.25) is 0 Å². The summed E-state index contributed by atoms with van der Waals surface area (Å²) < 4.78 is 0. The molecule has 0 bridgehead atoms. The third-order valence-corrected chi connectivity index (χ3v) is 1.75. The van der Waals surface area contributed by atoms with E-state index in [0.717, 1.165) is 19.3 Å². The molecule has 0 radical (unpaired) electrons.